The lowest BCUT2D eigenvalue weighted by Crippen LogP contribution is -2.27. The average molecular weight is 473 g/mol. The van der Waals surface area contributed by atoms with Crippen molar-refractivity contribution in [2.45, 2.75) is 12.5 Å². The summed E-state index contributed by atoms with van der Waals surface area (Å²) < 4.78 is 30.1. The van der Waals surface area contributed by atoms with Crippen molar-refractivity contribution in [1.82, 2.24) is 5.01 Å². The maximum Gasteiger partial charge on any atom is 0.310 e. The molecule has 0 N–H and O–H groups in total. The summed E-state index contributed by atoms with van der Waals surface area (Å²) >= 11 is 3.22. The van der Waals surface area contributed by atoms with Crippen molar-refractivity contribution >= 4 is 27.5 Å². The van der Waals surface area contributed by atoms with E-state index in [0.717, 1.165) is 11.1 Å². The molecule has 1 aliphatic rings. The van der Waals surface area contributed by atoms with Gasteiger partial charge in [-0.05, 0) is 57.9 Å². The number of carbonyl (C=O) groups excluding carboxylic acids is 1. The highest BCUT2D eigenvalue weighted by Gasteiger charge is 2.36. The number of benzene rings is 2. The topological polar surface area (TPSA) is 64.3 Å². The number of ether oxygens (including phenoxy) is 2. The summed E-state index contributed by atoms with van der Waals surface area (Å²) in [6, 6.07) is 14.3. The molecule has 154 valence electrons. The maximum atomic E-state index is 13.4. The number of methoxy groups -OCH3 is 2. The minimum atomic E-state index is -0.428. The summed E-state index contributed by atoms with van der Waals surface area (Å²) in [6.45, 7) is 0. The first kappa shape index (κ1) is 20.2. The predicted octanol–water partition coefficient (Wildman–Crippen LogP) is 5.19. The van der Waals surface area contributed by atoms with Crippen LogP contribution in [0.1, 0.15) is 34.1 Å². The third kappa shape index (κ3) is 3.82. The normalized spacial score (nSPS) is 15.8. The van der Waals surface area contributed by atoms with Crippen LogP contribution in [0.15, 0.2) is 68.8 Å². The molecule has 30 heavy (non-hydrogen) atoms. The zero-order valence-corrected chi connectivity index (χ0v) is 17.8. The minimum Gasteiger partial charge on any atom is -0.497 e. The van der Waals surface area contributed by atoms with Gasteiger partial charge in [0.1, 0.15) is 17.3 Å². The standard InChI is InChI=1S/C22H18BrFN2O4/c1-28-15-7-8-16(20(11-15)29-2)18-12-17(13-3-5-14(24)6-4-13)25-26(18)22(27)19-9-10-21(23)30-19/h3-11,18H,12H2,1-2H3/t18-/m0/s1. The Morgan fingerprint density at radius 3 is 2.53 bits per heavy atom. The Balaban J connectivity index is 1.76. The van der Waals surface area contributed by atoms with Crippen molar-refractivity contribution in [2.75, 3.05) is 14.2 Å². The highest BCUT2D eigenvalue weighted by Crippen LogP contribution is 2.40. The van der Waals surface area contributed by atoms with Gasteiger partial charge in [-0.2, -0.15) is 5.10 Å². The molecule has 1 amide bonds. The van der Waals surface area contributed by atoms with E-state index in [-0.39, 0.29) is 17.5 Å². The van der Waals surface area contributed by atoms with Gasteiger partial charge >= 0.3 is 5.91 Å². The smallest absolute Gasteiger partial charge is 0.310 e. The molecule has 0 saturated heterocycles. The third-order valence-corrected chi connectivity index (χ3v) is 5.31. The van der Waals surface area contributed by atoms with Gasteiger partial charge in [0.15, 0.2) is 10.4 Å². The summed E-state index contributed by atoms with van der Waals surface area (Å²) in [6.07, 6.45) is 0.432. The summed E-state index contributed by atoms with van der Waals surface area (Å²) in [5.41, 5.74) is 2.18. The first-order valence-electron chi connectivity index (χ1n) is 9.14. The number of hydrazone groups is 1. The Morgan fingerprint density at radius 1 is 1.13 bits per heavy atom. The van der Waals surface area contributed by atoms with Crippen molar-refractivity contribution in [2.24, 2.45) is 5.10 Å². The second-order valence-corrected chi connectivity index (χ2v) is 7.42. The van der Waals surface area contributed by atoms with Gasteiger partial charge < -0.3 is 13.9 Å². The van der Waals surface area contributed by atoms with Gasteiger partial charge in [0.25, 0.3) is 0 Å². The molecule has 1 aliphatic heterocycles. The molecule has 8 heteroatoms. The molecule has 4 rings (SSSR count). The maximum absolute atomic E-state index is 13.4. The molecular formula is C22H18BrFN2O4. The first-order chi connectivity index (χ1) is 14.5. The van der Waals surface area contributed by atoms with Crippen LogP contribution in [0.4, 0.5) is 4.39 Å². The average Bonchev–Trinajstić information content (AvgIpc) is 3.40. The van der Waals surface area contributed by atoms with Crippen molar-refractivity contribution in [1.29, 1.82) is 0 Å². The van der Waals surface area contributed by atoms with Gasteiger partial charge in [0.05, 0.1) is 26.0 Å². The van der Waals surface area contributed by atoms with Crippen LogP contribution in [0.5, 0.6) is 11.5 Å². The number of amides is 1. The van der Waals surface area contributed by atoms with Gasteiger partial charge in [-0.15, -0.1) is 0 Å². The van der Waals surface area contributed by atoms with E-state index in [9.17, 15) is 9.18 Å². The van der Waals surface area contributed by atoms with Crippen LogP contribution in [-0.2, 0) is 0 Å². The van der Waals surface area contributed by atoms with E-state index in [2.05, 4.69) is 21.0 Å². The van der Waals surface area contributed by atoms with Gasteiger partial charge in [-0.25, -0.2) is 9.40 Å². The molecule has 1 aromatic heterocycles. The Bertz CT molecular complexity index is 1110. The van der Waals surface area contributed by atoms with E-state index in [0.29, 0.717) is 28.3 Å². The predicted molar refractivity (Wildman–Crippen MR) is 112 cm³/mol. The number of furan rings is 1. The van der Waals surface area contributed by atoms with Crippen LogP contribution in [0, 0.1) is 5.82 Å². The van der Waals surface area contributed by atoms with E-state index in [1.54, 1.807) is 50.6 Å². The molecule has 0 unspecified atom stereocenters. The molecule has 2 heterocycles. The zero-order valence-electron chi connectivity index (χ0n) is 16.3. The molecule has 0 fully saturated rings. The largest absolute Gasteiger partial charge is 0.497 e. The fourth-order valence-electron chi connectivity index (χ4n) is 3.39. The highest BCUT2D eigenvalue weighted by atomic mass is 79.9. The van der Waals surface area contributed by atoms with Crippen LogP contribution in [0.3, 0.4) is 0 Å². The number of rotatable bonds is 5. The number of hydrogen-bond acceptors (Lipinski definition) is 5. The van der Waals surface area contributed by atoms with Crippen LogP contribution in [0.25, 0.3) is 0 Å². The van der Waals surface area contributed by atoms with Gasteiger partial charge in [-0.1, -0.05) is 12.1 Å². The Kier molecular flexibility index (Phi) is 5.59. The van der Waals surface area contributed by atoms with E-state index >= 15 is 0 Å². The van der Waals surface area contributed by atoms with E-state index < -0.39 is 6.04 Å². The molecular weight excluding hydrogens is 455 g/mol. The monoisotopic (exact) mass is 472 g/mol. The van der Waals surface area contributed by atoms with Gasteiger partial charge in [0, 0.05) is 18.1 Å². The van der Waals surface area contributed by atoms with Crippen LogP contribution >= 0.6 is 15.9 Å². The number of hydrogen-bond donors (Lipinski definition) is 0. The Morgan fingerprint density at radius 2 is 1.90 bits per heavy atom. The number of nitrogens with zero attached hydrogens (tertiary/aromatic N) is 2. The number of halogens is 2. The van der Waals surface area contributed by atoms with Gasteiger partial charge in [0.2, 0.25) is 0 Å². The van der Waals surface area contributed by atoms with E-state index in [1.165, 1.54) is 17.1 Å². The van der Waals surface area contributed by atoms with Crippen molar-refractivity contribution < 1.29 is 23.1 Å². The second kappa shape index (κ2) is 8.31. The summed E-state index contributed by atoms with van der Waals surface area (Å²) in [5, 5.41) is 5.95. The van der Waals surface area contributed by atoms with E-state index in [4.69, 9.17) is 13.9 Å². The lowest BCUT2D eigenvalue weighted by atomic mass is 9.97. The molecule has 1 atom stereocenters. The van der Waals surface area contributed by atoms with Crippen LogP contribution < -0.4 is 9.47 Å². The van der Waals surface area contributed by atoms with Crippen molar-refractivity contribution in [3.05, 3.63) is 82.0 Å². The van der Waals surface area contributed by atoms with Crippen molar-refractivity contribution in [3.63, 3.8) is 0 Å². The molecule has 2 aromatic carbocycles. The summed E-state index contributed by atoms with van der Waals surface area (Å²) in [5.74, 6) is 0.651. The minimum absolute atomic E-state index is 0.156. The quantitative estimate of drug-likeness (QED) is 0.512. The van der Waals surface area contributed by atoms with Gasteiger partial charge in [-0.3, -0.25) is 4.79 Å². The second-order valence-electron chi connectivity index (χ2n) is 6.63. The fourth-order valence-corrected chi connectivity index (χ4v) is 3.70. The fraction of sp³-hybridized carbons (Fsp3) is 0.182. The first-order valence-corrected chi connectivity index (χ1v) is 9.93. The highest BCUT2D eigenvalue weighted by molar-refractivity contribution is 9.10. The Labute approximate surface area is 181 Å². The lowest BCUT2D eigenvalue weighted by molar-refractivity contribution is 0.0675. The van der Waals surface area contributed by atoms with Crippen molar-refractivity contribution in [3.8, 4) is 11.5 Å². The molecule has 0 saturated carbocycles. The molecule has 0 aliphatic carbocycles. The molecule has 6 nitrogen and oxygen atoms in total. The zero-order chi connectivity index (χ0) is 21.3. The summed E-state index contributed by atoms with van der Waals surface area (Å²) in [4.78, 5) is 13.2. The molecule has 0 bridgehead atoms. The lowest BCUT2D eigenvalue weighted by Gasteiger charge is -2.23. The third-order valence-electron chi connectivity index (χ3n) is 4.88. The van der Waals surface area contributed by atoms with Crippen LogP contribution in [-0.4, -0.2) is 30.8 Å². The number of carbonyl (C=O) groups is 1. The Hall–Kier alpha value is -3.13. The van der Waals surface area contributed by atoms with Crippen LogP contribution in [0.2, 0.25) is 0 Å². The summed E-state index contributed by atoms with van der Waals surface area (Å²) in [7, 11) is 3.13. The molecule has 0 spiro atoms. The van der Waals surface area contributed by atoms with E-state index in [1.807, 2.05) is 6.07 Å². The molecule has 3 aromatic rings. The SMILES string of the molecule is COc1ccc([C@@H]2CC(c3ccc(F)cc3)=NN2C(=O)c2ccc(Br)o2)c(OC)c1. The molecule has 0 radical (unpaired) electrons.